The molecule has 3 aromatic rings. The smallest absolute Gasteiger partial charge is 0.339 e. The standard InChI is InChI=1S/C23H20N2O4/c1-29-23(28)19-9-5-6-10-20(19)25-22(27)18-13-11-16(12-14-18)15-24-21(26)17-7-3-2-4-8-17/h2-14H,15H2,1H3,(H,24,26)(H,25,27). The summed E-state index contributed by atoms with van der Waals surface area (Å²) in [6.07, 6.45) is 0. The molecule has 0 heterocycles. The summed E-state index contributed by atoms with van der Waals surface area (Å²) in [5.41, 5.74) is 2.54. The van der Waals surface area contributed by atoms with Gasteiger partial charge in [-0.15, -0.1) is 0 Å². The van der Waals surface area contributed by atoms with Crippen LogP contribution in [0.1, 0.15) is 36.6 Å². The number of methoxy groups -OCH3 is 1. The number of anilines is 1. The maximum atomic E-state index is 12.5. The van der Waals surface area contributed by atoms with E-state index in [-0.39, 0.29) is 17.4 Å². The van der Waals surface area contributed by atoms with Crippen molar-refractivity contribution in [2.75, 3.05) is 12.4 Å². The SMILES string of the molecule is COC(=O)c1ccccc1NC(=O)c1ccc(CNC(=O)c2ccccc2)cc1. The van der Waals surface area contributed by atoms with Gasteiger partial charge in [-0.05, 0) is 42.0 Å². The molecule has 0 spiro atoms. The molecule has 3 rings (SSSR count). The molecule has 0 aromatic heterocycles. The monoisotopic (exact) mass is 388 g/mol. The van der Waals surface area contributed by atoms with E-state index in [0.29, 0.717) is 23.4 Å². The minimum atomic E-state index is -0.523. The van der Waals surface area contributed by atoms with Gasteiger partial charge in [-0.1, -0.05) is 42.5 Å². The largest absolute Gasteiger partial charge is 0.465 e. The molecule has 6 nitrogen and oxygen atoms in total. The zero-order valence-corrected chi connectivity index (χ0v) is 15.8. The Kier molecular flexibility index (Phi) is 6.37. The highest BCUT2D eigenvalue weighted by atomic mass is 16.5. The Balaban J connectivity index is 1.62. The van der Waals surface area contributed by atoms with E-state index in [9.17, 15) is 14.4 Å². The van der Waals surface area contributed by atoms with Crippen LogP contribution in [0.25, 0.3) is 0 Å². The van der Waals surface area contributed by atoms with Gasteiger partial charge in [0, 0.05) is 17.7 Å². The van der Waals surface area contributed by atoms with E-state index >= 15 is 0 Å². The summed E-state index contributed by atoms with van der Waals surface area (Å²) in [5, 5.41) is 5.56. The molecule has 0 aliphatic carbocycles. The van der Waals surface area contributed by atoms with E-state index in [1.807, 2.05) is 6.07 Å². The summed E-state index contributed by atoms with van der Waals surface area (Å²) < 4.78 is 4.73. The lowest BCUT2D eigenvalue weighted by Gasteiger charge is -2.10. The van der Waals surface area contributed by atoms with Crippen LogP contribution in [0.15, 0.2) is 78.9 Å². The zero-order chi connectivity index (χ0) is 20.6. The number of amides is 2. The van der Waals surface area contributed by atoms with Crippen molar-refractivity contribution >= 4 is 23.5 Å². The fraction of sp³-hybridized carbons (Fsp3) is 0.0870. The topological polar surface area (TPSA) is 84.5 Å². The average molecular weight is 388 g/mol. The Labute approximate surface area is 168 Å². The third kappa shape index (κ3) is 5.07. The normalized spacial score (nSPS) is 10.1. The molecule has 0 saturated heterocycles. The molecule has 0 aliphatic heterocycles. The third-order valence-electron chi connectivity index (χ3n) is 4.29. The number of nitrogens with one attached hydrogen (secondary N) is 2. The summed E-state index contributed by atoms with van der Waals surface area (Å²) in [7, 11) is 1.29. The number of hydrogen-bond donors (Lipinski definition) is 2. The average Bonchev–Trinajstić information content (AvgIpc) is 2.78. The molecule has 3 aromatic carbocycles. The van der Waals surface area contributed by atoms with Gasteiger partial charge in [0.2, 0.25) is 0 Å². The number of hydrogen-bond acceptors (Lipinski definition) is 4. The number of rotatable bonds is 6. The number of para-hydroxylation sites is 1. The fourth-order valence-electron chi connectivity index (χ4n) is 2.72. The second-order valence-electron chi connectivity index (χ2n) is 6.24. The van der Waals surface area contributed by atoms with Gasteiger partial charge >= 0.3 is 5.97 Å². The predicted molar refractivity (Wildman–Crippen MR) is 110 cm³/mol. The number of benzene rings is 3. The fourth-order valence-corrected chi connectivity index (χ4v) is 2.72. The van der Waals surface area contributed by atoms with Crippen LogP contribution in [0.5, 0.6) is 0 Å². The molecular formula is C23H20N2O4. The number of ether oxygens (including phenoxy) is 1. The molecule has 2 N–H and O–H groups in total. The van der Waals surface area contributed by atoms with Crippen LogP contribution < -0.4 is 10.6 Å². The first kappa shape index (κ1) is 19.8. The van der Waals surface area contributed by atoms with Crippen LogP contribution >= 0.6 is 0 Å². The van der Waals surface area contributed by atoms with Crippen molar-refractivity contribution in [3.63, 3.8) is 0 Å². The van der Waals surface area contributed by atoms with Crippen molar-refractivity contribution in [2.24, 2.45) is 0 Å². The minimum absolute atomic E-state index is 0.160. The van der Waals surface area contributed by atoms with Crippen LogP contribution in [0.3, 0.4) is 0 Å². The van der Waals surface area contributed by atoms with Crippen molar-refractivity contribution < 1.29 is 19.1 Å². The molecule has 0 radical (unpaired) electrons. The first-order valence-corrected chi connectivity index (χ1v) is 8.99. The van der Waals surface area contributed by atoms with Gasteiger partial charge in [0.15, 0.2) is 0 Å². The maximum Gasteiger partial charge on any atom is 0.339 e. The molecule has 0 atom stereocenters. The van der Waals surface area contributed by atoms with Crippen LogP contribution in [-0.4, -0.2) is 24.9 Å². The quantitative estimate of drug-likeness (QED) is 0.631. The van der Waals surface area contributed by atoms with E-state index in [1.165, 1.54) is 7.11 Å². The summed E-state index contributed by atoms with van der Waals surface area (Å²) in [4.78, 5) is 36.4. The van der Waals surface area contributed by atoms with Crippen LogP contribution in [0, 0.1) is 0 Å². The highest BCUT2D eigenvalue weighted by Crippen LogP contribution is 2.17. The maximum absolute atomic E-state index is 12.5. The van der Waals surface area contributed by atoms with Gasteiger partial charge in [0.1, 0.15) is 0 Å². The highest BCUT2D eigenvalue weighted by Gasteiger charge is 2.14. The van der Waals surface area contributed by atoms with Crippen molar-refractivity contribution in [1.82, 2.24) is 5.32 Å². The molecule has 0 aliphatic rings. The Hall–Kier alpha value is -3.93. The molecular weight excluding hydrogens is 368 g/mol. The minimum Gasteiger partial charge on any atom is -0.465 e. The molecule has 6 heteroatoms. The first-order valence-electron chi connectivity index (χ1n) is 8.99. The summed E-state index contributed by atoms with van der Waals surface area (Å²) in [6.45, 7) is 0.348. The van der Waals surface area contributed by atoms with Crippen molar-refractivity contribution in [3.05, 3.63) is 101 Å². The van der Waals surface area contributed by atoms with Gasteiger partial charge in [-0.3, -0.25) is 9.59 Å². The molecule has 0 unspecified atom stereocenters. The van der Waals surface area contributed by atoms with E-state index < -0.39 is 5.97 Å². The predicted octanol–water partition coefficient (Wildman–Crippen LogP) is 3.66. The molecule has 0 fully saturated rings. The van der Waals surface area contributed by atoms with Gasteiger partial charge in [-0.25, -0.2) is 4.79 Å². The Morgan fingerprint density at radius 2 is 1.38 bits per heavy atom. The number of esters is 1. The van der Waals surface area contributed by atoms with Gasteiger partial charge in [0.25, 0.3) is 11.8 Å². The van der Waals surface area contributed by atoms with Crippen LogP contribution in [-0.2, 0) is 11.3 Å². The molecule has 29 heavy (non-hydrogen) atoms. The van der Waals surface area contributed by atoms with Crippen molar-refractivity contribution in [1.29, 1.82) is 0 Å². The lowest BCUT2D eigenvalue weighted by atomic mass is 10.1. The van der Waals surface area contributed by atoms with Crippen molar-refractivity contribution in [3.8, 4) is 0 Å². The Bertz CT molecular complexity index is 1010. The lowest BCUT2D eigenvalue weighted by molar-refractivity contribution is 0.0601. The second kappa shape index (κ2) is 9.32. The van der Waals surface area contributed by atoms with E-state index in [0.717, 1.165) is 5.56 Å². The van der Waals surface area contributed by atoms with Crippen LogP contribution in [0.2, 0.25) is 0 Å². The summed E-state index contributed by atoms with van der Waals surface area (Å²) in [5.74, 6) is -1.03. The van der Waals surface area contributed by atoms with E-state index in [1.54, 1.807) is 72.8 Å². The van der Waals surface area contributed by atoms with Crippen molar-refractivity contribution in [2.45, 2.75) is 6.54 Å². The molecule has 0 bridgehead atoms. The van der Waals surface area contributed by atoms with Crippen LogP contribution in [0.4, 0.5) is 5.69 Å². The first-order chi connectivity index (χ1) is 14.1. The highest BCUT2D eigenvalue weighted by molar-refractivity contribution is 6.08. The Morgan fingerprint density at radius 3 is 2.07 bits per heavy atom. The third-order valence-corrected chi connectivity index (χ3v) is 4.29. The summed E-state index contributed by atoms with van der Waals surface area (Å²) in [6, 6.07) is 22.5. The molecule has 2 amide bonds. The lowest BCUT2D eigenvalue weighted by Crippen LogP contribution is -2.22. The summed E-state index contributed by atoms with van der Waals surface area (Å²) >= 11 is 0. The number of carbonyl (C=O) groups excluding carboxylic acids is 3. The zero-order valence-electron chi connectivity index (χ0n) is 15.8. The van der Waals surface area contributed by atoms with E-state index in [2.05, 4.69) is 10.6 Å². The molecule has 146 valence electrons. The van der Waals surface area contributed by atoms with Gasteiger partial charge in [-0.2, -0.15) is 0 Å². The van der Waals surface area contributed by atoms with Gasteiger partial charge in [0.05, 0.1) is 18.4 Å². The number of carbonyl (C=O) groups is 3. The Morgan fingerprint density at radius 1 is 0.759 bits per heavy atom. The second-order valence-corrected chi connectivity index (χ2v) is 6.24. The van der Waals surface area contributed by atoms with Gasteiger partial charge < -0.3 is 15.4 Å². The van der Waals surface area contributed by atoms with E-state index in [4.69, 9.17) is 4.74 Å². The molecule has 0 saturated carbocycles.